The normalized spacial score (nSPS) is 11.7. The molecule has 3 aromatic rings. The summed E-state index contributed by atoms with van der Waals surface area (Å²) in [5.74, 6) is 0.210. The molecule has 0 saturated carbocycles. The number of carbonyl (C=O) groups excluding carboxylic acids is 1. The lowest BCUT2D eigenvalue weighted by molar-refractivity contribution is -0.121. The fraction of sp³-hybridized carbons (Fsp3) is 0.136. The first-order valence-electron chi connectivity index (χ1n) is 9.38. The molecule has 1 amide bonds. The van der Waals surface area contributed by atoms with Crippen molar-refractivity contribution in [3.05, 3.63) is 90.0 Å². The molecule has 32 heavy (non-hydrogen) atoms. The van der Waals surface area contributed by atoms with Crippen molar-refractivity contribution in [1.82, 2.24) is 4.72 Å². The number of sulfonamides is 1. The Morgan fingerprint density at radius 2 is 1.50 bits per heavy atom. The van der Waals surface area contributed by atoms with Crippen molar-refractivity contribution in [3.63, 3.8) is 0 Å². The minimum atomic E-state index is -4.67. The van der Waals surface area contributed by atoms with Crippen molar-refractivity contribution in [3.8, 4) is 5.75 Å². The smallest absolute Gasteiger partial charge is 0.402 e. The number of rotatable bonds is 8. The molecule has 0 aliphatic rings. The standard InChI is InChI=1S/C22H19F3N2O4S/c23-22(24,25)15-26-32(29,30)19-12-10-17(11-13-19)27-21(28)20-9-5-4-6-16(20)14-31-18-7-2-1-3-8-18/h1-13,26H,14-15H2,(H,27,28). The fourth-order valence-corrected chi connectivity index (χ4v) is 3.74. The SMILES string of the molecule is O=C(Nc1ccc(S(=O)(=O)NCC(F)(F)F)cc1)c1ccccc1COc1ccccc1. The Labute approximate surface area is 183 Å². The number of anilines is 1. The van der Waals surface area contributed by atoms with Gasteiger partial charge in [-0.05, 0) is 42.5 Å². The minimum absolute atomic E-state index is 0.162. The average Bonchev–Trinajstić information content (AvgIpc) is 2.77. The van der Waals surface area contributed by atoms with Crippen LogP contribution in [0.15, 0.2) is 83.8 Å². The zero-order valence-corrected chi connectivity index (χ0v) is 17.4. The summed E-state index contributed by atoms with van der Waals surface area (Å²) < 4.78 is 67.9. The van der Waals surface area contributed by atoms with Crippen molar-refractivity contribution in [2.45, 2.75) is 17.7 Å². The summed E-state index contributed by atoms with van der Waals surface area (Å²) >= 11 is 0. The number of ether oxygens (including phenoxy) is 1. The molecule has 0 aliphatic carbocycles. The summed E-state index contributed by atoms with van der Waals surface area (Å²) in [6.45, 7) is -1.51. The molecule has 0 aromatic heterocycles. The summed E-state index contributed by atoms with van der Waals surface area (Å²) in [5, 5.41) is 2.64. The third-order valence-electron chi connectivity index (χ3n) is 4.28. The van der Waals surface area contributed by atoms with Gasteiger partial charge in [0.1, 0.15) is 18.9 Å². The third-order valence-corrected chi connectivity index (χ3v) is 5.70. The average molecular weight is 464 g/mol. The summed E-state index contributed by atoms with van der Waals surface area (Å²) in [6.07, 6.45) is -4.67. The van der Waals surface area contributed by atoms with Gasteiger partial charge in [-0.25, -0.2) is 13.1 Å². The zero-order chi connectivity index (χ0) is 23.2. The van der Waals surface area contributed by atoms with Crippen LogP contribution in [0.5, 0.6) is 5.75 Å². The van der Waals surface area contributed by atoms with Gasteiger partial charge < -0.3 is 10.1 Å². The Kier molecular flexibility index (Phi) is 7.16. The lowest BCUT2D eigenvalue weighted by Gasteiger charge is -2.12. The number of amides is 1. The molecule has 0 fully saturated rings. The van der Waals surface area contributed by atoms with E-state index in [1.165, 1.54) is 16.9 Å². The number of carbonyl (C=O) groups is 1. The van der Waals surface area contributed by atoms with Gasteiger partial charge in [0.15, 0.2) is 0 Å². The Morgan fingerprint density at radius 3 is 2.16 bits per heavy atom. The van der Waals surface area contributed by atoms with Crippen LogP contribution in [0.25, 0.3) is 0 Å². The van der Waals surface area contributed by atoms with Crippen LogP contribution in [0.4, 0.5) is 18.9 Å². The zero-order valence-electron chi connectivity index (χ0n) is 16.6. The van der Waals surface area contributed by atoms with Gasteiger partial charge in [-0.15, -0.1) is 0 Å². The third kappa shape index (κ3) is 6.56. The van der Waals surface area contributed by atoms with Crippen LogP contribution in [-0.2, 0) is 16.6 Å². The van der Waals surface area contributed by atoms with E-state index in [-0.39, 0.29) is 17.2 Å². The van der Waals surface area contributed by atoms with Gasteiger partial charge in [0.2, 0.25) is 10.0 Å². The topological polar surface area (TPSA) is 84.5 Å². The molecule has 0 heterocycles. The van der Waals surface area contributed by atoms with Crippen LogP contribution >= 0.6 is 0 Å². The Balaban J connectivity index is 1.67. The van der Waals surface area contributed by atoms with E-state index in [0.717, 1.165) is 12.1 Å². The molecule has 0 aliphatic heterocycles. The second kappa shape index (κ2) is 9.84. The van der Waals surface area contributed by atoms with Crippen LogP contribution in [0.1, 0.15) is 15.9 Å². The number of para-hydroxylation sites is 1. The molecule has 0 saturated heterocycles. The minimum Gasteiger partial charge on any atom is -0.489 e. The molecule has 0 bridgehead atoms. The first-order chi connectivity index (χ1) is 15.1. The van der Waals surface area contributed by atoms with Gasteiger partial charge in [0.05, 0.1) is 4.90 Å². The lowest BCUT2D eigenvalue weighted by atomic mass is 10.1. The van der Waals surface area contributed by atoms with Crippen molar-refractivity contribution >= 4 is 21.6 Å². The molecular formula is C22H19F3N2O4S. The molecule has 10 heteroatoms. The molecule has 0 spiro atoms. The number of nitrogens with one attached hydrogen (secondary N) is 2. The predicted octanol–water partition coefficient (Wildman–Crippen LogP) is 4.36. The maximum Gasteiger partial charge on any atom is 0.402 e. The molecule has 2 N–H and O–H groups in total. The van der Waals surface area contributed by atoms with Crippen molar-refractivity contribution in [2.75, 3.05) is 11.9 Å². The van der Waals surface area contributed by atoms with E-state index < -0.39 is 28.7 Å². The van der Waals surface area contributed by atoms with Gasteiger partial charge in [-0.1, -0.05) is 36.4 Å². The summed E-state index contributed by atoms with van der Waals surface area (Å²) in [6, 6.07) is 20.8. The number of hydrogen-bond donors (Lipinski definition) is 2. The number of hydrogen-bond acceptors (Lipinski definition) is 4. The number of alkyl halides is 3. The molecule has 3 aromatic carbocycles. The van der Waals surface area contributed by atoms with Crippen molar-refractivity contribution < 1.29 is 31.1 Å². The second-order valence-electron chi connectivity index (χ2n) is 6.68. The first-order valence-corrected chi connectivity index (χ1v) is 10.9. The Hall–Kier alpha value is -3.37. The lowest BCUT2D eigenvalue weighted by Crippen LogP contribution is -2.33. The second-order valence-corrected chi connectivity index (χ2v) is 8.44. The highest BCUT2D eigenvalue weighted by atomic mass is 32.2. The van der Waals surface area contributed by atoms with Crippen LogP contribution in [-0.4, -0.2) is 27.0 Å². The highest BCUT2D eigenvalue weighted by Crippen LogP contribution is 2.19. The predicted molar refractivity (Wildman–Crippen MR) is 113 cm³/mol. The molecule has 0 atom stereocenters. The molecule has 0 radical (unpaired) electrons. The fourth-order valence-electron chi connectivity index (χ4n) is 2.72. The quantitative estimate of drug-likeness (QED) is 0.519. The van der Waals surface area contributed by atoms with E-state index in [1.807, 2.05) is 18.2 Å². The van der Waals surface area contributed by atoms with E-state index in [4.69, 9.17) is 4.74 Å². The van der Waals surface area contributed by atoms with Crippen molar-refractivity contribution in [2.24, 2.45) is 0 Å². The molecule has 3 rings (SSSR count). The van der Waals surface area contributed by atoms with E-state index in [2.05, 4.69) is 5.32 Å². The van der Waals surface area contributed by atoms with Crippen molar-refractivity contribution in [1.29, 1.82) is 0 Å². The van der Waals surface area contributed by atoms with Crippen LogP contribution < -0.4 is 14.8 Å². The first kappa shape index (κ1) is 23.3. The Morgan fingerprint density at radius 1 is 0.875 bits per heavy atom. The van der Waals surface area contributed by atoms with Gasteiger partial charge in [-0.2, -0.15) is 13.2 Å². The van der Waals surface area contributed by atoms with Crippen LogP contribution in [0.2, 0.25) is 0 Å². The molecule has 168 valence electrons. The van der Waals surface area contributed by atoms with E-state index in [1.54, 1.807) is 36.4 Å². The van der Waals surface area contributed by atoms with Gasteiger partial charge in [-0.3, -0.25) is 4.79 Å². The monoisotopic (exact) mass is 464 g/mol. The van der Waals surface area contributed by atoms with Crippen LogP contribution in [0.3, 0.4) is 0 Å². The maximum atomic E-state index is 12.7. The summed E-state index contributed by atoms with van der Waals surface area (Å²) in [5.41, 5.74) is 1.29. The molecule has 0 unspecified atom stereocenters. The van der Waals surface area contributed by atoms with E-state index in [0.29, 0.717) is 16.9 Å². The Bertz CT molecular complexity index is 1170. The van der Waals surface area contributed by atoms with Gasteiger partial charge in [0.25, 0.3) is 5.91 Å². The maximum absolute atomic E-state index is 12.7. The number of benzene rings is 3. The van der Waals surface area contributed by atoms with Gasteiger partial charge >= 0.3 is 6.18 Å². The van der Waals surface area contributed by atoms with E-state index in [9.17, 15) is 26.4 Å². The largest absolute Gasteiger partial charge is 0.489 e. The summed E-state index contributed by atoms with van der Waals surface area (Å²) in [7, 11) is -4.33. The summed E-state index contributed by atoms with van der Waals surface area (Å²) in [4.78, 5) is 12.4. The highest BCUT2D eigenvalue weighted by Gasteiger charge is 2.30. The highest BCUT2D eigenvalue weighted by molar-refractivity contribution is 7.89. The molecule has 6 nitrogen and oxygen atoms in total. The van der Waals surface area contributed by atoms with Crippen LogP contribution in [0, 0.1) is 0 Å². The molecular weight excluding hydrogens is 445 g/mol. The van der Waals surface area contributed by atoms with E-state index >= 15 is 0 Å². The van der Waals surface area contributed by atoms with Gasteiger partial charge in [0, 0.05) is 16.8 Å². The number of halogens is 3.